The second kappa shape index (κ2) is 10.8. The fourth-order valence-corrected chi connectivity index (χ4v) is 3.06. The monoisotopic (exact) mass is 373 g/mol. The van der Waals surface area contributed by atoms with Crippen LogP contribution < -0.4 is 10.6 Å². The van der Waals surface area contributed by atoms with E-state index in [0.29, 0.717) is 16.6 Å². The summed E-state index contributed by atoms with van der Waals surface area (Å²) >= 11 is 12.3. The van der Waals surface area contributed by atoms with Crippen molar-refractivity contribution in [3.8, 4) is 0 Å². The first-order chi connectivity index (χ1) is 11.7. The summed E-state index contributed by atoms with van der Waals surface area (Å²) in [6.07, 6.45) is 2.93. The van der Waals surface area contributed by atoms with Crippen LogP contribution in [-0.2, 0) is 15.9 Å². The number of hydrogen-bond donors (Lipinski definition) is 2. The molecular weight excluding hydrogens is 349 g/mol. The summed E-state index contributed by atoms with van der Waals surface area (Å²) in [7, 11) is 1.75. The van der Waals surface area contributed by atoms with Crippen LogP contribution in [0.25, 0.3) is 0 Å². The SMILES string of the molecule is CN=C(NCCCOC1CCOC1)NCCc1c(Cl)cccc1Cl. The van der Waals surface area contributed by atoms with Crippen LogP contribution >= 0.6 is 23.2 Å². The van der Waals surface area contributed by atoms with Gasteiger partial charge in [-0.2, -0.15) is 0 Å². The van der Waals surface area contributed by atoms with Crippen LogP contribution in [0, 0.1) is 0 Å². The number of nitrogens with zero attached hydrogens (tertiary/aromatic N) is 1. The molecule has 0 saturated carbocycles. The Balaban J connectivity index is 1.60. The summed E-state index contributed by atoms with van der Waals surface area (Å²) in [5.74, 6) is 0.766. The van der Waals surface area contributed by atoms with E-state index in [1.165, 1.54) is 0 Å². The molecule has 1 aromatic rings. The van der Waals surface area contributed by atoms with Crippen molar-refractivity contribution in [1.29, 1.82) is 0 Å². The molecule has 0 amide bonds. The Hall–Kier alpha value is -1.01. The molecule has 134 valence electrons. The Morgan fingerprint density at radius 1 is 1.29 bits per heavy atom. The van der Waals surface area contributed by atoms with E-state index in [2.05, 4.69) is 15.6 Å². The van der Waals surface area contributed by atoms with Gasteiger partial charge in [-0.15, -0.1) is 0 Å². The molecule has 1 heterocycles. The van der Waals surface area contributed by atoms with E-state index >= 15 is 0 Å². The smallest absolute Gasteiger partial charge is 0.190 e. The zero-order valence-corrected chi connectivity index (χ0v) is 15.5. The second-order valence-corrected chi connectivity index (χ2v) is 6.40. The van der Waals surface area contributed by atoms with Gasteiger partial charge in [-0.1, -0.05) is 29.3 Å². The van der Waals surface area contributed by atoms with Gasteiger partial charge in [0.15, 0.2) is 5.96 Å². The third-order valence-electron chi connectivity index (χ3n) is 3.81. The molecule has 0 spiro atoms. The predicted octanol–water partition coefficient (Wildman–Crippen LogP) is 2.90. The maximum Gasteiger partial charge on any atom is 0.190 e. The molecule has 1 unspecified atom stereocenters. The molecule has 1 fully saturated rings. The average molecular weight is 374 g/mol. The van der Waals surface area contributed by atoms with E-state index in [0.717, 1.165) is 57.2 Å². The topological polar surface area (TPSA) is 54.9 Å². The summed E-state index contributed by atoms with van der Waals surface area (Å²) in [6, 6.07) is 5.55. The molecule has 2 rings (SSSR count). The molecule has 7 heteroatoms. The highest BCUT2D eigenvalue weighted by atomic mass is 35.5. The van der Waals surface area contributed by atoms with Gasteiger partial charge in [0.1, 0.15) is 0 Å². The molecule has 2 N–H and O–H groups in total. The standard InChI is InChI=1S/C17H25Cl2N3O2/c1-20-17(21-8-3-10-24-13-7-11-23-12-13)22-9-6-14-15(18)4-2-5-16(14)19/h2,4-5,13H,3,6-12H2,1H3,(H2,20,21,22). The van der Waals surface area contributed by atoms with Crippen molar-refractivity contribution in [3.63, 3.8) is 0 Å². The van der Waals surface area contributed by atoms with Crippen molar-refractivity contribution in [2.45, 2.75) is 25.4 Å². The van der Waals surface area contributed by atoms with Crippen LogP contribution in [0.1, 0.15) is 18.4 Å². The zero-order valence-electron chi connectivity index (χ0n) is 14.0. The number of halogens is 2. The minimum Gasteiger partial charge on any atom is -0.379 e. The Kier molecular flexibility index (Phi) is 8.67. The Morgan fingerprint density at radius 3 is 2.71 bits per heavy atom. The van der Waals surface area contributed by atoms with Crippen LogP contribution in [0.3, 0.4) is 0 Å². The highest BCUT2D eigenvalue weighted by Gasteiger charge is 2.15. The van der Waals surface area contributed by atoms with Crippen molar-refractivity contribution >= 4 is 29.2 Å². The fourth-order valence-electron chi connectivity index (χ4n) is 2.47. The molecule has 0 aliphatic carbocycles. The largest absolute Gasteiger partial charge is 0.379 e. The van der Waals surface area contributed by atoms with Gasteiger partial charge in [-0.05, 0) is 37.0 Å². The highest BCUT2D eigenvalue weighted by Crippen LogP contribution is 2.24. The average Bonchev–Trinajstić information content (AvgIpc) is 3.08. The van der Waals surface area contributed by atoms with Gasteiger partial charge in [-0.25, -0.2) is 0 Å². The quantitative estimate of drug-likeness (QED) is 0.417. The molecule has 0 radical (unpaired) electrons. The third-order valence-corrected chi connectivity index (χ3v) is 4.52. The lowest BCUT2D eigenvalue weighted by molar-refractivity contribution is 0.0420. The van der Waals surface area contributed by atoms with Gasteiger partial charge in [0.05, 0.1) is 12.7 Å². The number of aliphatic imine (C=N–C) groups is 1. The van der Waals surface area contributed by atoms with Crippen molar-refractivity contribution in [3.05, 3.63) is 33.8 Å². The van der Waals surface area contributed by atoms with Crippen LogP contribution in [-0.4, -0.2) is 52.0 Å². The van der Waals surface area contributed by atoms with Crippen molar-refractivity contribution < 1.29 is 9.47 Å². The number of hydrogen-bond acceptors (Lipinski definition) is 3. The lowest BCUT2D eigenvalue weighted by Gasteiger charge is -2.14. The summed E-state index contributed by atoms with van der Waals surface area (Å²) in [5.41, 5.74) is 0.955. The van der Waals surface area contributed by atoms with E-state index in [1.54, 1.807) is 7.05 Å². The maximum absolute atomic E-state index is 6.17. The number of guanidine groups is 1. The minimum atomic E-state index is 0.266. The minimum absolute atomic E-state index is 0.266. The molecule has 1 aliphatic rings. The van der Waals surface area contributed by atoms with Crippen molar-refractivity contribution in [2.75, 3.05) is 40.0 Å². The Morgan fingerprint density at radius 2 is 2.04 bits per heavy atom. The second-order valence-electron chi connectivity index (χ2n) is 5.59. The first kappa shape index (κ1) is 19.3. The third kappa shape index (κ3) is 6.48. The molecule has 1 aromatic carbocycles. The van der Waals surface area contributed by atoms with Gasteiger partial charge in [0, 0.05) is 43.4 Å². The van der Waals surface area contributed by atoms with Crippen LogP contribution in [0.2, 0.25) is 10.0 Å². The fraction of sp³-hybridized carbons (Fsp3) is 0.588. The predicted molar refractivity (Wildman–Crippen MR) is 99.3 cm³/mol. The summed E-state index contributed by atoms with van der Waals surface area (Å²) < 4.78 is 11.0. The first-order valence-corrected chi connectivity index (χ1v) is 9.03. The van der Waals surface area contributed by atoms with Gasteiger partial charge in [-0.3, -0.25) is 4.99 Å². The molecular formula is C17H25Cl2N3O2. The van der Waals surface area contributed by atoms with E-state index in [1.807, 2.05) is 18.2 Å². The summed E-state index contributed by atoms with van der Waals surface area (Å²) in [4.78, 5) is 4.21. The zero-order chi connectivity index (χ0) is 17.2. The molecule has 1 aliphatic heterocycles. The molecule has 0 aromatic heterocycles. The lowest BCUT2D eigenvalue weighted by Crippen LogP contribution is -2.39. The molecule has 24 heavy (non-hydrogen) atoms. The lowest BCUT2D eigenvalue weighted by atomic mass is 10.1. The van der Waals surface area contributed by atoms with Crippen LogP contribution in [0.4, 0.5) is 0 Å². The molecule has 1 saturated heterocycles. The van der Waals surface area contributed by atoms with Gasteiger partial charge in [0.2, 0.25) is 0 Å². The Bertz CT molecular complexity index is 514. The van der Waals surface area contributed by atoms with Crippen molar-refractivity contribution in [2.24, 2.45) is 4.99 Å². The van der Waals surface area contributed by atoms with E-state index in [9.17, 15) is 0 Å². The van der Waals surface area contributed by atoms with Crippen LogP contribution in [0.15, 0.2) is 23.2 Å². The summed E-state index contributed by atoms with van der Waals surface area (Å²) in [6.45, 7) is 3.78. The molecule has 0 bridgehead atoms. The Labute approximate surface area is 153 Å². The summed E-state index contributed by atoms with van der Waals surface area (Å²) in [5, 5.41) is 7.93. The van der Waals surface area contributed by atoms with Gasteiger partial charge < -0.3 is 20.1 Å². The first-order valence-electron chi connectivity index (χ1n) is 8.27. The van der Waals surface area contributed by atoms with E-state index < -0.39 is 0 Å². The van der Waals surface area contributed by atoms with E-state index in [-0.39, 0.29) is 6.10 Å². The molecule has 1 atom stereocenters. The van der Waals surface area contributed by atoms with Crippen molar-refractivity contribution in [1.82, 2.24) is 10.6 Å². The maximum atomic E-state index is 6.17. The number of rotatable bonds is 8. The molecule has 5 nitrogen and oxygen atoms in total. The van der Waals surface area contributed by atoms with Gasteiger partial charge in [0.25, 0.3) is 0 Å². The van der Waals surface area contributed by atoms with E-state index in [4.69, 9.17) is 32.7 Å². The number of nitrogens with one attached hydrogen (secondary N) is 2. The van der Waals surface area contributed by atoms with Gasteiger partial charge >= 0.3 is 0 Å². The highest BCUT2D eigenvalue weighted by molar-refractivity contribution is 6.35. The number of ether oxygens (including phenoxy) is 2. The normalized spacial score (nSPS) is 18.0. The van der Waals surface area contributed by atoms with Crippen LogP contribution in [0.5, 0.6) is 0 Å². The number of benzene rings is 1.